The van der Waals surface area contributed by atoms with Gasteiger partial charge in [0.25, 0.3) is 0 Å². The van der Waals surface area contributed by atoms with Crippen LogP contribution in [0.15, 0.2) is 0 Å². The Morgan fingerprint density at radius 2 is 2.27 bits per heavy atom. The minimum Gasteiger partial charge on any atom is -0.368 e. The average molecular weight is 156 g/mol. The van der Waals surface area contributed by atoms with Crippen LogP contribution in [0, 0.1) is 5.92 Å². The molecule has 1 heterocycles. The number of likely N-dealkylation sites (N-methyl/N-ethyl adjacent to an activating group) is 1. The molecule has 11 heavy (non-hydrogen) atoms. The summed E-state index contributed by atoms with van der Waals surface area (Å²) >= 11 is 0. The topological polar surface area (TPSA) is 46.3 Å². The lowest BCUT2D eigenvalue weighted by molar-refractivity contribution is -0.125. The Morgan fingerprint density at radius 3 is 2.64 bits per heavy atom. The van der Waals surface area contributed by atoms with E-state index in [4.69, 9.17) is 5.73 Å². The van der Waals surface area contributed by atoms with Crippen molar-refractivity contribution in [1.82, 2.24) is 4.90 Å². The molecule has 0 aromatic rings. The third kappa shape index (κ3) is 1.71. The van der Waals surface area contributed by atoms with E-state index in [9.17, 15) is 4.79 Å². The van der Waals surface area contributed by atoms with Crippen LogP contribution in [0.4, 0.5) is 0 Å². The van der Waals surface area contributed by atoms with Gasteiger partial charge in [-0.2, -0.15) is 0 Å². The molecule has 3 nitrogen and oxygen atoms in total. The molecule has 0 saturated carbocycles. The molecule has 0 spiro atoms. The molecule has 0 radical (unpaired) electrons. The molecule has 2 unspecified atom stereocenters. The fourth-order valence-corrected chi connectivity index (χ4v) is 1.89. The number of amides is 1. The van der Waals surface area contributed by atoms with Gasteiger partial charge in [0.1, 0.15) is 0 Å². The van der Waals surface area contributed by atoms with Crippen LogP contribution < -0.4 is 5.73 Å². The van der Waals surface area contributed by atoms with E-state index in [1.165, 1.54) is 6.42 Å². The second-order valence-electron chi connectivity index (χ2n) is 3.45. The van der Waals surface area contributed by atoms with Crippen LogP contribution in [0.2, 0.25) is 0 Å². The fraction of sp³-hybridized carbons (Fsp3) is 0.875. The molecule has 0 aromatic carbocycles. The maximum absolute atomic E-state index is 11.0. The standard InChI is InChI=1S/C8H16N2O/c1-6-4-3-5-10(2)7(6)8(9)11/h6-7H,3-5H2,1-2H3,(H2,9,11). The van der Waals surface area contributed by atoms with Crippen LogP contribution >= 0.6 is 0 Å². The first-order chi connectivity index (χ1) is 5.13. The minimum absolute atomic E-state index is 0.0382. The Hall–Kier alpha value is -0.570. The molecule has 0 aromatic heterocycles. The monoisotopic (exact) mass is 156 g/mol. The van der Waals surface area contributed by atoms with Gasteiger partial charge in [0.05, 0.1) is 6.04 Å². The van der Waals surface area contributed by atoms with Crippen LogP contribution in [0.3, 0.4) is 0 Å². The van der Waals surface area contributed by atoms with Gasteiger partial charge in [-0.3, -0.25) is 9.69 Å². The maximum atomic E-state index is 11.0. The summed E-state index contributed by atoms with van der Waals surface area (Å²) in [5.74, 6) is 0.242. The Kier molecular flexibility index (Phi) is 2.49. The molecule has 0 aliphatic carbocycles. The van der Waals surface area contributed by atoms with Crippen molar-refractivity contribution in [3.8, 4) is 0 Å². The number of carbonyl (C=O) groups excluding carboxylic acids is 1. The lowest BCUT2D eigenvalue weighted by Gasteiger charge is -2.35. The molecule has 1 fully saturated rings. The molecule has 0 bridgehead atoms. The predicted octanol–water partition coefficient (Wildman–Crippen LogP) is 0.202. The number of primary amides is 1. The molecular weight excluding hydrogens is 140 g/mol. The van der Waals surface area contributed by atoms with Crippen LogP contribution in [0.1, 0.15) is 19.8 Å². The zero-order valence-electron chi connectivity index (χ0n) is 7.21. The summed E-state index contributed by atoms with van der Waals surface area (Å²) in [7, 11) is 1.96. The first-order valence-electron chi connectivity index (χ1n) is 4.12. The second-order valence-corrected chi connectivity index (χ2v) is 3.45. The highest BCUT2D eigenvalue weighted by atomic mass is 16.1. The first-order valence-corrected chi connectivity index (χ1v) is 4.12. The van der Waals surface area contributed by atoms with Crippen molar-refractivity contribution in [1.29, 1.82) is 0 Å². The van der Waals surface area contributed by atoms with Gasteiger partial charge in [0.15, 0.2) is 0 Å². The van der Waals surface area contributed by atoms with Gasteiger partial charge < -0.3 is 5.73 Å². The quantitative estimate of drug-likeness (QED) is 0.589. The Morgan fingerprint density at radius 1 is 1.64 bits per heavy atom. The SMILES string of the molecule is CC1CCCN(C)C1C(N)=O. The fourth-order valence-electron chi connectivity index (χ4n) is 1.89. The van der Waals surface area contributed by atoms with Gasteiger partial charge in [-0.15, -0.1) is 0 Å². The molecule has 1 rings (SSSR count). The Bertz CT molecular complexity index is 148. The van der Waals surface area contributed by atoms with Gasteiger partial charge in [0, 0.05) is 0 Å². The molecule has 3 heteroatoms. The summed E-state index contributed by atoms with van der Waals surface area (Å²) in [5.41, 5.74) is 5.27. The summed E-state index contributed by atoms with van der Waals surface area (Å²) in [5, 5.41) is 0. The van der Waals surface area contributed by atoms with Crippen LogP contribution in [-0.4, -0.2) is 30.4 Å². The highest BCUT2D eigenvalue weighted by molar-refractivity contribution is 5.80. The van der Waals surface area contributed by atoms with E-state index in [1.807, 2.05) is 7.05 Å². The lowest BCUT2D eigenvalue weighted by atomic mass is 9.91. The van der Waals surface area contributed by atoms with E-state index in [2.05, 4.69) is 11.8 Å². The maximum Gasteiger partial charge on any atom is 0.235 e. The third-order valence-corrected chi connectivity index (χ3v) is 2.48. The van der Waals surface area contributed by atoms with Crippen molar-refractivity contribution in [3.05, 3.63) is 0 Å². The first kappa shape index (κ1) is 8.53. The average Bonchev–Trinajstić information content (AvgIpc) is 1.85. The largest absolute Gasteiger partial charge is 0.368 e. The minimum atomic E-state index is -0.181. The van der Waals surface area contributed by atoms with E-state index in [-0.39, 0.29) is 11.9 Å². The molecular formula is C8H16N2O. The van der Waals surface area contributed by atoms with Crippen molar-refractivity contribution < 1.29 is 4.79 Å². The van der Waals surface area contributed by atoms with E-state index < -0.39 is 0 Å². The third-order valence-electron chi connectivity index (χ3n) is 2.48. The van der Waals surface area contributed by atoms with E-state index in [1.54, 1.807) is 0 Å². The van der Waals surface area contributed by atoms with Gasteiger partial charge >= 0.3 is 0 Å². The van der Waals surface area contributed by atoms with E-state index >= 15 is 0 Å². The molecule has 64 valence electrons. The Labute approximate surface area is 67.5 Å². The normalized spacial score (nSPS) is 33.6. The van der Waals surface area contributed by atoms with Crippen molar-refractivity contribution in [2.45, 2.75) is 25.8 Å². The summed E-state index contributed by atoms with van der Waals surface area (Å²) in [6, 6.07) is -0.0382. The number of likely N-dealkylation sites (tertiary alicyclic amines) is 1. The number of nitrogens with two attached hydrogens (primary N) is 1. The summed E-state index contributed by atoms with van der Waals surface area (Å²) in [4.78, 5) is 13.0. The van der Waals surface area contributed by atoms with Crippen LogP contribution in [0.25, 0.3) is 0 Å². The number of nitrogens with zero attached hydrogens (tertiary/aromatic N) is 1. The second kappa shape index (κ2) is 3.22. The van der Waals surface area contributed by atoms with Gasteiger partial charge in [-0.05, 0) is 32.4 Å². The predicted molar refractivity (Wildman–Crippen MR) is 44.0 cm³/mol. The van der Waals surface area contributed by atoms with E-state index in [0.29, 0.717) is 5.92 Å². The zero-order chi connectivity index (χ0) is 8.43. The Balaban J connectivity index is 2.62. The summed E-state index contributed by atoms with van der Waals surface area (Å²) < 4.78 is 0. The molecule has 1 amide bonds. The number of hydrogen-bond donors (Lipinski definition) is 1. The number of hydrogen-bond acceptors (Lipinski definition) is 2. The van der Waals surface area contributed by atoms with Gasteiger partial charge in [-0.25, -0.2) is 0 Å². The number of carbonyl (C=O) groups is 1. The summed E-state index contributed by atoms with van der Waals surface area (Å²) in [6.45, 7) is 3.09. The zero-order valence-corrected chi connectivity index (χ0v) is 7.21. The van der Waals surface area contributed by atoms with Crippen LogP contribution in [-0.2, 0) is 4.79 Å². The van der Waals surface area contributed by atoms with Gasteiger partial charge in [0.2, 0.25) is 5.91 Å². The molecule has 1 saturated heterocycles. The highest BCUT2D eigenvalue weighted by Gasteiger charge is 2.29. The molecule has 1 aliphatic heterocycles. The van der Waals surface area contributed by atoms with Crippen molar-refractivity contribution in [3.63, 3.8) is 0 Å². The smallest absolute Gasteiger partial charge is 0.235 e. The highest BCUT2D eigenvalue weighted by Crippen LogP contribution is 2.20. The van der Waals surface area contributed by atoms with Crippen molar-refractivity contribution >= 4 is 5.91 Å². The summed E-state index contributed by atoms with van der Waals surface area (Å²) in [6.07, 6.45) is 2.30. The number of piperidine rings is 1. The van der Waals surface area contributed by atoms with Crippen molar-refractivity contribution in [2.75, 3.05) is 13.6 Å². The van der Waals surface area contributed by atoms with E-state index in [0.717, 1.165) is 13.0 Å². The molecule has 1 aliphatic rings. The number of rotatable bonds is 1. The van der Waals surface area contributed by atoms with Gasteiger partial charge in [-0.1, -0.05) is 6.92 Å². The van der Waals surface area contributed by atoms with Crippen molar-refractivity contribution in [2.24, 2.45) is 11.7 Å². The lowest BCUT2D eigenvalue weighted by Crippen LogP contribution is -2.49. The van der Waals surface area contributed by atoms with Crippen LogP contribution in [0.5, 0.6) is 0 Å². The molecule has 2 atom stereocenters. The molecule has 2 N–H and O–H groups in total.